The lowest BCUT2D eigenvalue weighted by molar-refractivity contribution is -0.138. The van der Waals surface area contributed by atoms with Crippen molar-refractivity contribution in [1.29, 1.82) is 0 Å². The highest BCUT2D eigenvalue weighted by molar-refractivity contribution is 7.95. The van der Waals surface area contributed by atoms with Crippen LogP contribution in [0.15, 0.2) is 17.4 Å². The van der Waals surface area contributed by atoms with E-state index in [2.05, 4.69) is 29.3 Å². The molecule has 2 heterocycles. The third-order valence-electron chi connectivity index (χ3n) is 6.00. The van der Waals surface area contributed by atoms with Crippen molar-refractivity contribution < 1.29 is 18.3 Å². The van der Waals surface area contributed by atoms with Crippen molar-refractivity contribution in [2.45, 2.75) is 82.7 Å². The number of rotatable bonds is 9. The van der Waals surface area contributed by atoms with E-state index in [1.165, 1.54) is 38.3 Å². The summed E-state index contributed by atoms with van der Waals surface area (Å²) in [7, 11) is 0. The second-order valence-corrected chi connectivity index (χ2v) is 10.7. The van der Waals surface area contributed by atoms with E-state index in [1.807, 2.05) is 0 Å². The quantitative estimate of drug-likeness (QED) is 0.289. The summed E-state index contributed by atoms with van der Waals surface area (Å²) >= 11 is 1.68. The molecule has 3 rings (SSSR count). The minimum Gasteiger partial charge on any atom is -0.404 e. The summed E-state index contributed by atoms with van der Waals surface area (Å²) < 4.78 is 46.8. The number of nitrogens with zero attached hydrogens (tertiary/aromatic N) is 4. The molecule has 0 amide bonds. The van der Waals surface area contributed by atoms with Crippen LogP contribution in [-0.2, 0) is 6.18 Å². The van der Waals surface area contributed by atoms with Gasteiger partial charge in [0, 0.05) is 61.5 Å². The van der Waals surface area contributed by atoms with Crippen LogP contribution in [0.1, 0.15) is 70.1 Å². The van der Waals surface area contributed by atoms with E-state index in [-0.39, 0.29) is 29.8 Å². The number of anilines is 1. The molecule has 0 aromatic carbocycles. The summed E-state index contributed by atoms with van der Waals surface area (Å²) in [5.41, 5.74) is 3.19. The summed E-state index contributed by atoms with van der Waals surface area (Å²) in [5.74, 6) is 0.120. The molecule has 2 fully saturated rings. The van der Waals surface area contributed by atoms with Gasteiger partial charge in [-0.1, -0.05) is 19.3 Å². The van der Waals surface area contributed by atoms with E-state index in [0.717, 1.165) is 38.3 Å². The third kappa shape index (κ3) is 8.93. The summed E-state index contributed by atoms with van der Waals surface area (Å²) in [4.78, 5) is 12.1. The van der Waals surface area contributed by atoms with Crippen molar-refractivity contribution in [2.24, 2.45) is 10.7 Å². The number of aliphatic hydroxyl groups is 1. The van der Waals surface area contributed by atoms with Gasteiger partial charge in [0.25, 0.3) is 0 Å². The van der Waals surface area contributed by atoms with Crippen LogP contribution in [-0.4, -0.2) is 62.9 Å². The van der Waals surface area contributed by atoms with E-state index in [1.54, 1.807) is 26.0 Å². The number of aromatic nitrogens is 2. The fraction of sp³-hybridized carbons (Fsp3) is 0.696. The Morgan fingerprint density at radius 1 is 1.20 bits per heavy atom. The second-order valence-electron chi connectivity index (χ2n) is 9.75. The maximum Gasteiger partial charge on any atom is 0.419 e. The van der Waals surface area contributed by atoms with Crippen LogP contribution in [0, 0.1) is 0 Å². The Bertz CT molecular complexity index is 875. The van der Waals surface area contributed by atoms with Crippen LogP contribution < -0.4 is 15.8 Å². The normalized spacial score (nSPS) is 20.0. The number of hydrogen-bond acceptors (Lipinski definition) is 9. The van der Waals surface area contributed by atoms with Crippen LogP contribution in [0.25, 0.3) is 5.57 Å². The molecule has 1 aliphatic carbocycles. The average molecular weight is 516 g/mol. The maximum atomic E-state index is 13.6. The molecule has 1 saturated heterocycles. The van der Waals surface area contributed by atoms with E-state index in [0.29, 0.717) is 6.04 Å². The topological polar surface area (TPSA) is 112 Å². The van der Waals surface area contributed by atoms with Gasteiger partial charge in [-0.25, -0.2) is 19.0 Å². The molecule has 196 valence electrons. The van der Waals surface area contributed by atoms with Crippen LogP contribution in [0.3, 0.4) is 0 Å². The number of nitrogens with two attached hydrogens (primary N) is 1. The largest absolute Gasteiger partial charge is 0.419 e. The third-order valence-corrected chi connectivity index (χ3v) is 7.06. The molecule has 0 bridgehead atoms. The first-order chi connectivity index (χ1) is 16.5. The number of halogens is 3. The van der Waals surface area contributed by atoms with Crippen molar-refractivity contribution in [1.82, 2.24) is 19.0 Å². The summed E-state index contributed by atoms with van der Waals surface area (Å²) in [6, 6.07) is 0.626. The monoisotopic (exact) mass is 515 g/mol. The Morgan fingerprint density at radius 2 is 1.89 bits per heavy atom. The van der Waals surface area contributed by atoms with Gasteiger partial charge in [-0.05, 0) is 39.5 Å². The van der Waals surface area contributed by atoms with Gasteiger partial charge in [0.15, 0.2) is 0 Å². The minimum atomic E-state index is -4.65. The molecule has 0 radical (unpaired) electrons. The molecule has 2 aliphatic rings. The molecule has 0 unspecified atom stereocenters. The van der Waals surface area contributed by atoms with Gasteiger partial charge in [0.2, 0.25) is 5.95 Å². The highest BCUT2D eigenvalue weighted by Crippen LogP contribution is 2.34. The smallest absolute Gasteiger partial charge is 0.404 e. The van der Waals surface area contributed by atoms with Gasteiger partial charge in [-0.2, -0.15) is 13.2 Å². The molecule has 1 aliphatic heterocycles. The Hall–Kier alpha value is -1.89. The van der Waals surface area contributed by atoms with E-state index < -0.39 is 17.3 Å². The van der Waals surface area contributed by atoms with Crippen molar-refractivity contribution >= 4 is 29.9 Å². The first kappa shape index (κ1) is 27.7. The fourth-order valence-corrected chi connectivity index (χ4v) is 5.00. The van der Waals surface area contributed by atoms with Crippen molar-refractivity contribution in [3.63, 3.8) is 0 Å². The molecule has 1 aromatic heterocycles. The highest BCUT2D eigenvalue weighted by Gasteiger charge is 2.36. The molecular weight excluding hydrogens is 479 g/mol. The molecule has 35 heavy (non-hydrogen) atoms. The van der Waals surface area contributed by atoms with Gasteiger partial charge in [-0.3, -0.25) is 4.99 Å². The van der Waals surface area contributed by atoms with Crippen LogP contribution in [0.4, 0.5) is 19.1 Å². The lowest BCUT2D eigenvalue weighted by atomic mass is 9.96. The molecule has 5 N–H and O–H groups in total. The predicted molar refractivity (Wildman–Crippen MR) is 135 cm³/mol. The SMILES string of the molecule is CC(C)(O)CN=C/C(=C\N)c1nc(NC2CCN(SNC3CCCCC3)CC2)ncc1C(F)(F)F. The number of piperidine rings is 1. The van der Waals surface area contributed by atoms with Gasteiger partial charge in [-0.15, -0.1) is 0 Å². The predicted octanol–water partition coefficient (Wildman–Crippen LogP) is 4.00. The second kappa shape index (κ2) is 12.4. The first-order valence-corrected chi connectivity index (χ1v) is 12.8. The summed E-state index contributed by atoms with van der Waals surface area (Å²) in [5, 5.41) is 13.0. The zero-order chi connectivity index (χ0) is 25.5. The zero-order valence-corrected chi connectivity index (χ0v) is 21.1. The van der Waals surface area contributed by atoms with Gasteiger partial charge < -0.3 is 16.2 Å². The molecular formula is C23H36F3N7OS. The Labute approximate surface area is 209 Å². The highest BCUT2D eigenvalue weighted by atomic mass is 32.2. The number of allylic oxidation sites excluding steroid dienone is 1. The standard InChI is InChI=1S/C23H36F3N7OS/c1-22(2,34)15-28-13-16(12-27)20-19(23(24,25)26)14-29-21(31-20)30-17-8-10-33(11-9-17)35-32-18-6-4-3-5-7-18/h12-14,17-18,32,34H,3-11,15,27H2,1-2H3,(H,29,30,31)/b16-12+,28-13?. The van der Waals surface area contributed by atoms with Crippen LogP contribution in [0.5, 0.6) is 0 Å². The maximum absolute atomic E-state index is 13.6. The lowest BCUT2D eigenvalue weighted by Crippen LogP contribution is -2.39. The van der Waals surface area contributed by atoms with Gasteiger partial charge in [0.05, 0.1) is 17.8 Å². The number of aliphatic imine (C=N–C) groups is 1. The van der Waals surface area contributed by atoms with E-state index >= 15 is 0 Å². The summed E-state index contributed by atoms with van der Waals surface area (Å²) in [6.45, 7) is 4.83. The Kier molecular flexibility index (Phi) is 9.79. The molecule has 1 aromatic rings. The van der Waals surface area contributed by atoms with Crippen molar-refractivity contribution in [3.8, 4) is 0 Å². The van der Waals surface area contributed by atoms with E-state index in [9.17, 15) is 18.3 Å². The minimum absolute atomic E-state index is 0.00651. The van der Waals surface area contributed by atoms with Crippen LogP contribution >= 0.6 is 12.1 Å². The molecule has 8 nitrogen and oxygen atoms in total. The molecule has 0 atom stereocenters. The Balaban J connectivity index is 1.62. The fourth-order valence-electron chi connectivity index (χ4n) is 4.07. The number of nitrogens with one attached hydrogen (secondary N) is 2. The van der Waals surface area contributed by atoms with E-state index in [4.69, 9.17) is 5.73 Å². The molecule has 12 heteroatoms. The van der Waals surface area contributed by atoms with Crippen LogP contribution in [0.2, 0.25) is 0 Å². The zero-order valence-electron chi connectivity index (χ0n) is 20.3. The first-order valence-electron chi connectivity index (χ1n) is 12.1. The molecule has 0 spiro atoms. The number of alkyl halides is 3. The van der Waals surface area contributed by atoms with Gasteiger partial charge in [0.1, 0.15) is 5.56 Å². The molecule has 1 saturated carbocycles. The number of hydrogen-bond donors (Lipinski definition) is 4. The van der Waals surface area contributed by atoms with Gasteiger partial charge >= 0.3 is 6.18 Å². The van der Waals surface area contributed by atoms with Crippen molar-refractivity contribution in [2.75, 3.05) is 25.0 Å². The average Bonchev–Trinajstić information content (AvgIpc) is 2.81. The Morgan fingerprint density at radius 3 is 2.49 bits per heavy atom. The summed E-state index contributed by atoms with van der Waals surface area (Å²) in [6.07, 6.45) is 6.34. The lowest BCUT2D eigenvalue weighted by Gasteiger charge is -2.33. The van der Waals surface area contributed by atoms with Crippen molar-refractivity contribution in [3.05, 3.63) is 23.7 Å².